The average molecular weight is 362 g/mol. The first-order chi connectivity index (χ1) is 12.3. The lowest BCUT2D eigenvalue weighted by Gasteiger charge is -2.35. The molecule has 0 unspecified atom stereocenters. The summed E-state index contributed by atoms with van der Waals surface area (Å²) in [6, 6.07) is 5.32. The Kier molecular flexibility index (Phi) is 6.74. The third kappa shape index (κ3) is 5.56. The lowest BCUT2D eigenvalue weighted by Crippen LogP contribution is -2.49. The minimum atomic E-state index is -0.648. The van der Waals surface area contributed by atoms with Crippen LogP contribution < -0.4 is 5.32 Å². The van der Waals surface area contributed by atoms with Gasteiger partial charge in [0.2, 0.25) is 0 Å². The number of aryl methyl sites for hydroxylation is 2. The van der Waals surface area contributed by atoms with Crippen LogP contribution in [0.3, 0.4) is 0 Å². The van der Waals surface area contributed by atoms with Gasteiger partial charge in [0.05, 0.1) is 12.2 Å². The van der Waals surface area contributed by atoms with E-state index in [1.165, 1.54) is 0 Å². The highest BCUT2D eigenvalue weighted by atomic mass is 16.5. The zero-order valence-electron chi connectivity index (χ0n) is 15.7. The quantitative estimate of drug-likeness (QED) is 0.796. The van der Waals surface area contributed by atoms with E-state index < -0.39 is 5.97 Å². The zero-order valence-corrected chi connectivity index (χ0v) is 15.7. The monoisotopic (exact) mass is 362 g/mol. The van der Waals surface area contributed by atoms with Crippen LogP contribution in [0.2, 0.25) is 0 Å². The zero-order chi connectivity index (χ0) is 19.3. The molecule has 1 heterocycles. The van der Waals surface area contributed by atoms with Gasteiger partial charge in [-0.3, -0.25) is 14.4 Å². The van der Waals surface area contributed by atoms with Gasteiger partial charge in [-0.05, 0) is 51.0 Å². The number of ether oxygens (including phenoxy) is 2. The predicted octanol–water partition coefficient (Wildman–Crippen LogP) is 1.21. The van der Waals surface area contributed by atoms with Crippen molar-refractivity contribution in [1.82, 2.24) is 10.2 Å². The number of rotatable bonds is 5. The Morgan fingerprint density at radius 3 is 2.42 bits per heavy atom. The molecular formula is C19H26N2O5. The normalized spacial score (nSPS) is 19.8. The first-order valence-corrected chi connectivity index (χ1v) is 8.70. The summed E-state index contributed by atoms with van der Waals surface area (Å²) < 4.78 is 10.5. The van der Waals surface area contributed by atoms with Gasteiger partial charge in [-0.25, -0.2) is 0 Å². The van der Waals surface area contributed by atoms with Gasteiger partial charge in [-0.15, -0.1) is 0 Å². The molecule has 142 valence electrons. The first kappa shape index (κ1) is 19.9. The van der Waals surface area contributed by atoms with Crippen LogP contribution >= 0.6 is 0 Å². The molecule has 1 aliphatic rings. The van der Waals surface area contributed by atoms with Gasteiger partial charge in [0.25, 0.3) is 11.8 Å². The predicted molar refractivity (Wildman–Crippen MR) is 95.8 cm³/mol. The van der Waals surface area contributed by atoms with Gasteiger partial charge < -0.3 is 19.7 Å². The number of hydrogen-bond acceptors (Lipinski definition) is 5. The van der Waals surface area contributed by atoms with Crippen molar-refractivity contribution in [2.75, 3.05) is 26.2 Å². The lowest BCUT2D eigenvalue weighted by molar-refractivity contribution is -0.156. The molecule has 1 saturated heterocycles. The lowest BCUT2D eigenvalue weighted by atomic mass is 10.1. The van der Waals surface area contributed by atoms with E-state index in [0.29, 0.717) is 18.7 Å². The summed E-state index contributed by atoms with van der Waals surface area (Å²) >= 11 is 0. The van der Waals surface area contributed by atoms with Crippen LogP contribution in [0, 0.1) is 13.8 Å². The van der Waals surface area contributed by atoms with Crippen LogP contribution in [0.4, 0.5) is 0 Å². The Morgan fingerprint density at radius 2 is 1.81 bits per heavy atom. The van der Waals surface area contributed by atoms with Crippen molar-refractivity contribution < 1.29 is 23.9 Å². The van der Waals surface area contributed by atoms with Gasteiger partial charge in [0.1, 0.15) is 6.54 Å². The maximum Gasteiger partial charge on any atom is 0.325 e. The van der Waals surface area contributed by atoms with Crippen molar-refractivity contribution in [2.45, 2.75) is 39.9 Å². The van der Waals surface area contributed by atoms with Crippen molar-refractivity contribution in [2.24, 2.45) is 0 Å². The van der Waals surface area contributed by atoms with E-state index in [1.807, 2.05) is 33.8 Å². The summed E-state index contributed by atoms with van der Waals surface area (Å²) in [5, 5.41) is 2.50. The van der Waals surface area contributed by atoms with Gasteiger partial charge in [0, 0.05) is 18.7 Å². The molecule has 26 heavy (non-hydrogen) atoms. The van der Waals surface area contributed by atoms with Gasteiger partial charge in [0.15, 0.2) is 6.61 Å². The number of nitrogens with zero attached hydrogens (tertiary/aromatic N) is 1. The molecule has 0 spiro atoms. The minimum Gasteiger partial charge on any atom is -0.454 e. The van der Waals surface area contributed by atoms with E-state index in [0.717, 1.165) is 11.1 Å². The summed E-state index contributed by atoms with van der Waals surface area (Å²) in [4.78, 5) is 37.6. The molecule has 2 rings (SSSR count). The maximum absolute atomic E-state index is 12.1. The first-order valence-electron chi connectivity index (χ1n) is 8.70. The van der Waals surface area contributed by atoms with Crippen LogP contribution in [0.5, 0.6) is 0 Å². The highest BCUT2D eigenvalue weighted by molar-refractivity contribution is 5.96. The van der Waals surface area contributed by atoms with Crippen LogP contribution in [-0.4, -0.2) is 61.1 Å². The largest absolute Gasteiger partial charge is 0.454 e. The summed E-state index contributed by atoms with van der Waals surface area (Å²) in [5.74, 6) is -1.27. The highest BCUT2D eigenvalue weighted by Crippen LogP contribution is 2.11. The molecule has 2 amide bonds. The van der Waals surface area contributed by atoms with E-state index in [9.17, 15) is 14.4 Å². The van der Waals surface area contributed by atoms with Crippen LogP contribution in [0.1, 0.15) is 35.3 Å². The molecule has 0 saturated carbocycles. The highest BCUT2D eigenvalue weighted by Gasteiger charge is 2.26. The minimum absolute atomic E-state index is 0.0457. The molecule has 7 nitrogen and oxygen atoms in total. The number of carbonyl (C=O) groups excluding carboxylic acids is 3. The summed E-state index contributed by atoms with van der Waals surface area (Å²) in [7, 11) is 0. The third-order valence-electron chi connectivity index (χ3n) is 4.29. The Labute approximate surface area is 153 Å². The number of esters is 1. The Balaban J connectivity index is 1.75. The number of morpholine rings is 1. The van der Waals surface area contributed by atoms with Gasteiger partial charge in [-0.1, -0.05) is 6.07 Å². The molecule has 2 atom stereocenters. The van der Waals surface area contributed by atoms with Crippen molar-refractivity contribution in [3.05, 3.63) is 34.9 Å². The molecule has 1 aliphatic heterocycles. The van der Waals surface area contributed by atoms with E-state index in [4.69, 9.17) is 9.47 Å². The number of amides is 2. The molecule has 1 aromatic carbocycles. The Morgan fingerprint density at radius 1 is 1.15 bits per heavy atom. The van der Waals surface area contributed by atoms with E-state index >= 15 is 0 Å². The molecule has 1 fully saturated rings. The summed E-state index contributed by atoms with van der Waals surface area (Å²) in [5.41, 5.74) is 2.57. The number of carbonyl (C=O) groups is 3. The fourth-order valence-electron chi connectivity index (χ4n) is 2.80. The molecule has 7 heteroatoms. The van der Waals surface area contributed by atoms with Gasteiger partial charge in [-0.2, -0.15) is 0 Å². The smallest absolute Gasteiger partial charge is 0.325 e. The Hall–Kier alpha value is -2.41. The molecular weight excluding hydrogens is 336 g/mol. The van der Waals surface area contributed by atoms with Crippen LogP contribution in [0.15, 0.2) is 18.2 Å². The summed E-state index contributed by atoms with van der Waals surface area (Å²) in [6.07, 6.45) is -0.0914. The van der Waals surface area contributed by atoms with Gasteiger partial charge >= 0.3 is 5.97 Å². The van der Waals surface area contributed by atoms with Crippen molar-refractivity contribution in [3.8, 4) is 0 Å². The second-order valence-electron chi connectivity index (χ2n) is 6.70. The summed E-state index contributed by atoms with van der Waals surface area (Å²) in [6.45, 7) is 8.00. The van der Waals surface area contributed by atoms with Crippen molar-refractivity contribution in [1.29, 1.82) is 0 Å². The van der Waals surface area contributed by atoms with Crippen LogP contribution in [-0.2, 0) is 19.1 Å². The Bertz CT molecular complexity index is 679. The number of nitrogens with one attached hydrogen (secondary N) is 1. The second-order valence-corrected chi connectivity index (χ2v) is 6.70. The number of hydrogen-bond donors (Lipinski definition) is 1. The average Bonchev–Trinajstić information content (AvgIpc) is 2.59. The molecule has 0 bridgehead atoms. The fraction of sp³-hybridized carbons (Fsp3) is 0.526. The molecule has 1 N–H and O–H groups in total. The fourth-order valence-corrected chi connectivity index (χ4v) is 2.80. The molecule has 0 radical (unpaired) electrons. The van der Waals surface area contributed by atoms with Crippen molar-refractivity contribution >= 4 is 17.8 Å². The standard InChI is InChI=1S/C19H26N2O5/c1-12-5-6-16(7-13(12)2)19(24)20-8-18(23)25-11-17(22)21-9-14(3)26-15(4)10-21/h5-7,14-15H,8-11H2,1-4H3,(H,20,24)/t14-,15-/m1/s1. The van der Waals surface area contributed by atoms with Crippen LogP contribution in [0.25, 0.3) is 0 Å². The maximum atomic E-state index is 12.1. The molecule has 1 aromatic rings. The number of benzene rings is 1. The van der Waals surface area contributed by atoms with E-state index in [-0.39, 0.29) is 37.2 Å². The second kappa shape index (κ2) is 8.80. The van der Waals surface area contributed by atoms with E-state index in [1.54, 1.807) is 17.0 Å². The molecule has 0 aliphatic carbocycles. The third-order valence-corrected chi connectivity index (χ3v) is 4.29. The molecule has 0 aromatic heterocycles. The van der Waals surface area contributed by atoms with Crippen molar-refractivity contribution in [3.63, 3.8) is 0 Å². The topological polar surface area (TPSA) is 84.9 Å². The van der Waals surface area contributed by atoms with E-state index in [2.05, 4.69) is 5.32 Å². The SMILES string of the molecule is Cc1ccc(C(=O)NCC(=O)OCC(=O)N2C[C@@H](C)O[C@H](C)C2)cc1C.